The Hall–Kier alpha value is -1.63. The molecule has 1 atom stereocenters. The van der Waals surface area contributed by atoms with E-state index in [2.05, 4.69) is 30.0 Å². The van der Waals surface area contributed by atoms with Crippen LogP contribution in [-0.4, -0.2) is 68.8 Å². The fourth-order valence-electron chi connectivity index (χ4n) is 2.59. The molecule has 0 unspecified atom stereocenters. The van der Waals surface area contributed by atoms with Crippen LogP contribution in [0.25, 0.3) is 0 Å². The highest BCUT2D eigenvalue weighted by Gasteiger charge is 2.21. The van der Waals surface area contributed by atoms with Crippen molar-refractivity contribution >= 4 is 5.91 Å². The van der Waals surface area contributed by atoms with Gasteiger partial charge in [0.1, 0.15) is 5.75 Å². The number of carbonyl (C=O) groups excluding carboxylic acids is 1. The van der Waals surface area contributed by atoms with E-state index in [9.17, 15) is 4.79 Å². The zero-order valence-corrected chi connectivity index (χ0v) is 13.3. The van der Waals surface area contributed by atoms with Gasteiger partial charge in [-0.3, -0.25) is 9.69 Å². The lowest BCUT2D eigenvalue weighted by atomic mass is 10.1. The Bertz CT molecular complexity index is 493. The average Bonchev–Trinajstić information content (AvgIpc) is 2.45. The highest BCUT2D eigenvalue weighted by atomic mass is 16.5. The average molecular weight is 307 g/mol. The smallest absolute Gasteiger partial charge is 0.255 e. The highest BCUT2D eigenvalue weighted by Crippen LogP contribution is 2.16. The largest absolute Gasteiger partial charge is 0.484 e. The summed E-state index contributed by atoms with van der Waals surface area (Å²) in [7, 11) is 4.11. The first-order valence-corrected chi connectivity index (χ1v) is 7.51. The molecule has 0 aliphatic carbocycles. The van der Waals surface area contributed by atoms with Crippen LogP contribution in [0.2, 0.25) is 0 Å². The molecule has 0 radical (unpaired) electrons. The molecule has 6 heteroatoms. The number of rotatable bonds is 7. The van der Waals surface area contributed by atoms with E-state index < -0.39 is 5.91 Å². The molecule has 1 aliphatic heterocycles. The zero-order chi connectivity index (χ0) is 15.9. The highest BCUT2D eigenvalue weighted by molar-refractivity contribution is 5.75. The predicted molar refractivity (Wildman–Crippen MR) is 84.7 cm³/mol. The number of primary amides is 1. The molecule has 2 rings (SSSR count). The first kappa shape index (κ1) is 16.7. The van der Waals surface area contributed by atoms with Gasteiger partial charge in [-0.1, -0.05) is 12.1 Å². The molecule has 6 nitrogen and oxygen atoms in total. The predicted octanol–water partition coefficient (Wildman–Crippen LogP) is 0.313. The Morgan fingerprint density at radius 1 is 1.50 bits per heavy atom. The maximum Gasteiger partial charge on any atom is 0.255 e. The first-order valence-electron chi connectivity index (χ1n) is 7.51. The molecule has 22 heavy (non-hydrogen) atoms. The van der Waals surface area contributed by atoms with Gasteiger partial charge in [0.15, 0.2) is 6.61 Å². The molecule has 1 fully saturated rings. The van der Waals surface area contributed by atoms with Gasteiger partial charge < -0.3 is 20.1 Å². The maximum atomic E-state index is 10.8. The summed E-state index contributed by atoms with van der Waals surface area (Å²) < 4.78 is 11.1. The number of nitrogens with zero attached hydrogens (tertiary/aromatic N) is 2. The Morgan fingerprint density at radius 2 is 2.32 bits per heavy atom. The minimum Gasteiger partial charge on any atom is -0.484 e. The van der Waals surface area contributed by atoms with Crippen LogP contribution in [0.15, 0.2) is 24.3 Å². The lowest BCUT2D eigenvalue weighted by Crippen LogP contribution is -2.45. The molecule has 1 saturated heterocycles. The van der Waals surface area contributed by atoms with Crippen LogP contribution in [0, 0.1) is 0 Å². The molecular formula is C16H25N3O3. The summed E-state index contributed by atoms with van der Waals surface area (Å²) in [6.45, 7) is 4.29. The number of hydrogen-bond donors (Lipinski definition) is 1. The topological polar surface area (TPSA) is 68.0 Å². The van der Waals surface area contributed by atoms with Gasteiger partial charge in [0.2, 0.25) is 0 Å². The summed E-state index contributed by atoms with van der Waals surface area (Å²) in [5.74, 6) is 0.208. The quantitative estimate of drug-likeness (QED) is 0.785. The van der Waals surface area contributed by atoms with Gasteiger partial charge >= 0.3 is 0 Å². The lowest BCUT2D eigenvalue weighted by molar-refractivity contribution is -0.119. The summed E-state index contributed by atoms with van der Waals surface area (Å²) in [5.41, 5.74) is 6.25. The number of nitrogens with two attached hydrogens (primary N) is 1. The molecule has 1 aromatic carbocycles. The zero-order valence-electron chi connectivity index (χ0n) is 13.3. The number of ether oxygens (including phenoxy) is 2. The molecule has 1 aliphatic rings. The molecule has 0 spiro atoms. The molecule has 122 valence electrons. The van der Waals surface area contributed by atoms with Gasteiger partial charge in [-0.05, 0) is 31.8 Å². The molecule has 1 amide bonds. The van der Waals surface area contributed by atoms with E-state index in [1.54, 1.807) is 0 Å². The standard InChI is InChI=1S/C16H25N3O3/c1-18(2)10-15-11-19(6-7-21-15)9-13-4-3-5-14(8-13)22-12-16(17)20/h3-5,8,15H,6-7,9-12H2,1-2H3,(H2,17,20)/t15-/m1/s1. The molecule has 2 N–H and O–H groups in total. The normalized spacial score (nSPS) is 19.3. The second kappa shape index (κ2) is 8.12. The number of carbonyl (C=O) groups is 1. The molecule has 0 bridgehead atoms. The monoisotopic (exact) mass is 307 g/mol. The first-order chi connectivity index (χ1) is 10.5. The van der Waals surface area contributed by atoms with Crippen LogP contribution in [0.3, 0.4) is 0 Å². The number of amides is 1. The summed E-state index contributed by atoms with van der Waals surface area (Å²) in [5, 5.41) is 0. The summed E-state index contributed by atoms with van der Waals surface area (Å²) >= 11 is 0. The van der Waals surface area contributed by atoms with Crippen LogP contribution in [-0.2, 0) is 16.1 Å². The SMILES string of the molecule is CN(C)C[C@@H]1CN(Cc2cccc(OCC(N)=O)c2)CCO1. The van der Waals surface area contributed by atoms with Gasteiger partial charge in [-0.2, -0.15) is 0 Å². The van der Waals surface area contributed by atoms with E-state index >= 15 is 0 Å². The van der Waals surface area contributed by atoms with Crippen molar-refractivity contribution in [3.8, 4) is 5.75 Å². The van der Waals surface area contributed by atoms with Crippen molar-refractivity contribution in [2.24, 2.45) is 5.73 Å². The lowest BCUT2D eigenvalue weighted by Gasteiger charge is -2.34. The summed E-state index contributed by atoms with van der Waals surface area (Å²) in [6, 6.07) is 7.79. The van der Waals surface area contributed by atoms with Gasteiger partial charge in [-0.25, -0.2) is 0 Å². The van der Waals surface area contributed by atoms with Crippen molar-refractivity contribution in [3.05, 3.63) is 29.8 Å². The maximum absolute atomic E-state index is 10.8. The van der Waals surface area contributed by atoms with Crippen LogP contribution < -0.4 is 10.5 Å². The van der Waals surface area contributed by atoms with Gasteiger partial charge in [0.05, 0.1) is 12.7 Å². The second-order valence-corrected chi connectivity index (χ2v) is 5.89. The van der Waals surface area contributed by atoms with Crippen LogP contribution >= 0.6 is 0 Å². The van der Waals surface area contributed by atoms with Crippen molar-refractivity contribution in [2.45, 2.75) is 12.6 Å². The second-order valence-electron chi connectivity index (χ2n) is 5.89. The van der Waals surface area contributed by atoms with Gasteiger partial charge in [-0.15, -0.1) is 0 Å². The van der Waals surface area contributed by atoms with Gasteiger partial charge in [0, 0.05) is 26.2 Å². The fourth-order valence-corrected chi connectivity index (χ4v) is 2.59. The third kappa shape index (κ3) is 5.63. The van der Waals surface area contributed by atoms with Crippen molar-refractivity contribution in [1.82, 2.24) is 9.80 Å². The van der Waals surface area contributed by atoms with Crippen LogP contribution in [0.5, 0.6) is 5.75 Å². The van der Waals surface area contributed by atoms with Crippen molar-refractivity contribution < 1.29 is 14.3 Å². The van der Waals surface area contributed by atoms with Gasteiger partial charge in [0.25, 0.3) is 5.91 Å². The number of benzene rings is 1. The minimum absolute atomic E-state index is 0.0914. The van der Waals surface area contributed by atoms with Crippen molar-refractivity contribution in [2.75, 3.05) is 46.9 Å². The Kier molecular flexibility index (Phi) is 6.18. The molecule has 0 aromatic heterocycles. The molecule has 0 saturated carbocycles. The Balaban J connectivity index is 1.89. The Morgan fingerprint density at radius 3 is 3.05 bits per heavy atom. The number of hydrogen-bond acceptors (Lipinski definition) is 5. The summed E-state index contributed by atoms with van der Waals surface area (Å²) in [6.07, 6.45) is 0.248. The van der Waals surface area contributed by atoms with E-state index in [0.717, 1.165) is 38.3 Å². The van der Waals surface area contributed by atoms with E-state index in [1.165, 1.54) is 0 Å². The van der Waals surface area contributed by atoms with E-state index in [-0.39, 0.29) is 12.7 Å². The minimum atomic E-state index is -0.467. The van der Waals surface area contributed by atoms with E-state index in [1.807, 2.05) is 18.2 Å². The third-order valence-corrected chi connectivity index (χ3v) is 3.48. The van der Waals surface area contributed by atoms with Crippen molar-refractivity contribution in [3.63, 3.8) is 0 Å². The molecular weight excluding hydrogens is 282 g/mol. The summed E-state index contributed by atoms with van der Waals surface area (Å²) in [4.78, 5) is 15.3. The van der Waals surface area contributed by atoms with E-state index in [4.69, 9.17) is 15.2 Å². The molecule has 1 heterocycles. The third-order valence-electron chi connectivity index (χ3n) is 3.48. The molecule has 1 aromatic rings. The van der Waals surface area contributed by atoms with Crippen LogP contribution in [0.4, 0.5) is 0 Å². The number of likely N-dealkylation sites (N-methyl/N-ethyl adjacent to an activating group) is 1. The van der Waals surface area contributed by atoms with Crippen molar-refractivity contribution in [1.29, 1.82) is 0 Å². The fraction of sp³-hybridized carbons (Fsp3) is 0.562. The Labute approximate surface area is 131 Å². The van der Waals surface area contributed by atoms with Crippen LogP contribution in [0.1, 0.15) is 5.56 Å². The van der Waals surface area contributed by atoms with E-state index in [0.29, 0.717) is 5.75 Å². The number of morpholine rings is 1.